The Morgan fingerprint density at radius 2 is 1.83 bits per heavy atom. The summed E-state index contributed by atoms with van der Waals surface area (Å²) in [5.41, 5.74) is 0.158. The molecule has 0 aromatic heterocycles. The molecule has 0 radical (unpaired) electrons. The minimum absolute atomic E-state index is 0.129. The van der Waals surface area contributed by atoms with Gasteiger partial charge in [0.2, 0.25) is 12.7 Å². The quantitative estimate of drug-likeness (QED) is 0.840. The van der Waals surface area contributed by atoms with Gasteiger partial charge in [-0.2, -0.15) is 0 Å². The van der Waals surface area contributed by atoms with E-state index in [0.717, 1.165) is 12.1 Å². The summed E-state index contributed by atoms with van der Waals surface area (Å²) in [7, 11) is 0. The topological polar surface area (TPSA) is 59.6 Å². The van der Waals surface area contributed by atoms with Crippen LogP contribution in [0.4, 0.5) is 24.5 Å². The lowest BCUT2D eigenvalue weighted by atomic mass is 10.2. The third-order valence-corrected chi connectivity index (χ3v) is 3.44. The smallest absolute Gasteiger partial charge is 0.246 e. The highest BCUT2D eigenvalue weighted by molar-refractivity contribution is 5.96. The van der Waals surface area contributed by atoms with Crippen molar-refractivity contribution in [2.45, 2.75) is 13.0 Å². The molecular weight excluding hydrogens is 325 g/mol. The Labute approximate surface area is 135 Å². The molecule has 126 valence electrons. The van der Waals surface area contributed by atoms with Crippen LogP contribution in [-0.2, 0) is 4.79 Å². The first-order valence-electron chi connectivity index (χ1n) is 7.06. The summed E-state index contributed by atoms with van der Waals surface area (Å²) in [5.74, 6) is -3.88. The number of amides is 1. The summed E-state index contributed by atoms with van der Waals surface area (Å²) in [5, 5.41) is 5.11. The van der Waals surface area contributed by atoms with Crippen molar-refractivity contribution in [1.29, 1.82) is 0 Å². The van der Waals surface area contributed by atoms with Gasteiger partial charge in [0.05, 0.1) is 5.69 Å². The first-order valence-corrected chi connectivity index (χ1v) is 7.06. The molecule has 0 spiro atoms. The lowest BCUT2D eigenvalue weighted by Gasteiger charge is -2.16. The maximum Gasteiger partial charge on any atom is 0.246 e. The molecular formula is C16H13F3N2O3. The van der Waals surface area contributed by atoms with E-state index in [1.807, 2.05) is 0 Å². The van der Waals surface area contributed by atoms with Crippen LogP contribution in [0, 0.1) is 17.5 Å². The summed E-state index contributed by atoms with van der Waals surface area (Å²) >= 11 is 0. The van der Waals surface area contributed by atoms with Gasteiger partial charge in [0.25, 0.3) is 0 Å². The number of hydrogen-bond acceptors (Lipinski definition) is 4. The number of anilines is 2. The number of ether oxygens (including phenoxy) is 2. The van der Waals surface area contributed by atoms with Crippen molar-refractivity contribution in [2.24, 2.45) is 0 Å². The zero-order valence-corrected chi connectivity index (χ0v) is 12.5. The minimum Gasteiger partial charge on any atom is -0.454 e. The molecule has 3 rings (SSSR count). The van der Waals surface area contributed by atoms with E-state index in [1.165, 1.54) is 6.92 Å². The number of fused-ring (bicyclic) bond motifs is 1. The second-order valence-corrected chi connectivity index (χ2v) is 5.15. The number of hydrogen-bond donors (Lipinski definition) is 2. The Kier molecular flexibility index (Phi) is 4.20. The summed E-state index contributed by atoms with van der Waals surface area (Å²) < 4.78 is 50.1. The predicted molar refractivity (Wildman–Crippen MR) is 80.6 cm³/mol. The van der Waals surface area contributed by atoms with Crippen LogP contribution in [-0.4, -0.2) is 18.7 Å². The molecule has 0 aliphatic carbocycles. The lowest BCUT2D eigenvalue weighted by molar-refractivity contribution is -0.116. The van der Waals surface area contributed by atoms with Gasteiger partial charge >= 0.3 is 0 Å². The van der Waals surface area contributed by atoms with Crippen molar-refractivity contribution in [1.82, 2.24) is 0 Å². The number of rotatable bonds is 4. The molecule has 1 heterocycles. The molecule has 8 heteroatoms. The predicted octanol–water partition coefficient (Wildman–Crippen LogP) is 3.27. The maximum absolute atomic E-state index is 13.6. The van der Waals surface area contributed by atoms with Crippen LogP contribution < -0.4 is 20.1 Å². The molecule has 0 unspecified atom stereocenters. The van der Waals surface area contributed by atoms with Crippen LogP contribution >= 0.6 is 0 Å². The molecule has 5 nitrogen and oxygen atoms in total. The van der Waals surface area contributed by atoms with E-state index in [0.29, 0.717) is 17.2 Å². The first-order chi connectivity index (χ1) is 11.5. The van der Waals surface area contributed by atoms with Gasteiger partial charge in [-0.15, -0.1) is 0 Å². The Balaban J connectivity index is 1.68. The number of carbonyl (C=O) groups is 1. The van der Waals surface area contributed by atoms with Gasteiger partial charge in [0.15, 0.2) is 29.0 Å². The van der Waals surface area contributed by atoms with Crippen LogP contribution in [0.2, 0.25) is 0 Å². The fourth-order valence-electron chi connectivity index (χ4n) is 2.17. The van der Waals surface area contributed by atoms with Crippen LogP contribution in [0.15, 0.2) is 30.3 Å². The van der Waals surface area contributed by atoms with Gasteiger partial charge in [0.1, 0.15) is 6.04 Å². The number of benzene rings is 2. The molecule has 0 fully saturated rings. The Hall–Kier alpha value is -2.90. The number of halogens is 3. The van der Waals surface area contributed by atoms with Crippen molar-refractivity contribution >= 4 is 17.3 Å². The summed E-state index contributed by atoms with van der Waals surface area (Å²) in [6, 6.07) is 5.96. The molecule has 0 saturated carbocycles. The highest BCUT2D eigenvalue weighted by atomic mass is 19.2. The van der Waals surface area contributed by atoms with E-state index >= 15 is 0 Å². The molecule has 24 heavy (non-hydrogen) atoms. The SMILES string of the molecule is C[C@H](Nc1ccc2c(c1)OCO2)C(=O)Nc1ccc(F)c(F)c1F. The second kappa shape index (κ2) is 6.31. The molecule has 0 bridgehead atoms. The zero-order chi connectivity index (χ0) is 17.3. The van der Waals surface area contributed by atoms with E-state index in [4.69, 9.17) is 9.47 Å². The summed E-state index contributed by atoms with van der Waals surface area (Å²) in [6.07, 6.45) is 0. The van der Waals surface area contributed by atoms with Crippen LogP contribution in [0.3, 0.4) is 0 Å². The Morgan fingerprint density at radius 1 is 1.08 bits per heavy atom. The molecule has 1 atom stereocenters. The van der Waals surface area contributed by atoms with Crippen molar-refractivity contribution in [3.8, 4) is 11.5 Å². The molecule has 2 aromatic rings. The summed E-state index contributed by atoms with van der Waals surface area (Å²) in [4.78, 5) is 12.1. The van der Waals surface area contributed by atoms with Gasteiger partial charge in [-0.1, -0.05) is 0 Å². The standard InChI is InChI=1S/C16H13F3N2O3/c1-8(20-9-2-5-12-13(6-9)24-7-23-12)16(22)21-11-4-3-10(17)14(18)15(11)19/h2-6,8,20H,7H2,1H3,(H,21,22)/t8-/m0/s1. The monoisotopic (exact) mass is 338 g/mol. The van der Waals surface area contributed by atoms with E-state index < -0.39 is 35.1 Å². The van der Waals surface area contributed by atoms with Crippen molar-refractivity contribution in [2.75, 3.05) is 17.4 Å². The largest absolute Gasteiger partial charge is 0.454 e. The van der Waals surface area contributed by atoms with Crippen LogP contribution in [0.1, 0.15) is 6.92 Å². The fourth-order valence-corrected chi connectivity index (χ4v) is 2.17. The fraction of sp³-hybridized carbons (Fsp3) is 0.188. The lowest BCUT2D eigenvalue weighted by Crippen LogP contribution is -2.32. The second-order valence-electron chi connectivity index (χ2n) is 5.15. The van der Waals surface area contributed by atoms with Crippen molar-refractivity contribution in [3.63, 3.8) is 0 Å². The third-order valence-electron chi connectivity index (χ3n) is 3.44. The van der Waals surface area contributed by atoms with E-state index in [2.05, 4.69) is 10.6 Å². The van der Waals surface area contributed by atoms with Crippen LogP contribution in [0.25, 0.3) is 0 Å². The van der Waals surface area contributed by atoms with Gasteiger partial charge in [0, 0.05) is 11.8 Å². The van der Waals surface area contributed by atoms with E-state index in [1.54, 1.807) is 18.2 Å². The van der Waals surface area contributed by atoms with E-state index in [9.17, 15) is 18.0 Å². The third kappa shape index (κ3) is 3.08. The minimum atomic E-state index is -1.64. The number of carbonyl (C=O) groups excluding carboxylic acids is 1. The molecule has 2 N–H and O–H groups in total. The zero-order valence-electron chi connectivity index (χ0n) is 12.5. The van der Waals surface area contributed by atoms with Crippen LogP contribution in [0.5, 0.6) is 11.5 Å². The normalized spacial score (nSPS) is 13.5. The van der Waals surface area contributed by atoms with Gasteiger partial charge in [-0.05, 0) is 31.2 Å². The molecule has 1 amide bonds. The average Bonchev–Trinajstić information content (AvgIpc) is 3.03. The van der Waals surface area contributed by atoms with Crippen molar-refractivity contribution in [3.05, 3.63) is 47.8 Å². The number of nitrogens with one attached hydrogen (secondary N) is 2. The molecule has 1 aliphatic heterocycles. The molecule has 0 saturated heterocycles. The maximum atomic E-state index is 13.6. The van der Waals surface area contributed by atoms with Gasteiger partial charge in [-0.25, -0.2) is 13.2 Å². The van der Waals surface area contributed by atoms with Crippen molar-refractivity contribution < 1.29 is 27.4 Å². The Morgan fingerprint density at radius 3 is 2.62 bits per heavy atom. The molecule has 2 aromatic carbocycles. The highest BCUT2D eigenvalue weighted by Crippen LogP contribution is 2.34. The van der Waals surface area contributed by atoms with E-state index in [-0.39, 0.29) is 6.79 Å². The first kappa shape index (κ1) is 16.0. The average molecular weight is 338 g/mol. The Bertz CT molecular complexity index is 798. The molecule has 1 aliphatic rings. The van der Waals surface area contributed by atoms with Gasteiger partial charge in [-0.3, -0.25) is 4.79 Å². The summed E-state index contributed by atoms with van der Waals surface area (Å²) in [6.45, 7) is 1.67. The van der Waals surface area contributed by atoms with Gasteiger partial charge < -0.3 is 20.1 Å². The highest BCUT2D eigenvalue weighted by Gasteiger charge is 2.19.